The number of benzene rings is 2. The lowest BCUT2D eigenvalue weighted by Crippen LogP contribution is -2.57. The lowest BCUT2D eigenvalue weighted by molar-refractivity contribution is -0.173. The van der Waals surface area contributed by atoms with E-state index in [1.807, 2.05) is 0 Å². The van der Waals surface area contributed by atoms with Gasteiger partial charge in [0.1, 0.15) is 18.6 Å². The Morgan fingerprint density at radius 3 is 1.84 bits per heavy atom. The minimum atomic E-state index is -5.30. The van der Waals surface area contributed by atoms with Crippen LogP contribution in [-0.4, -0.2) is 76.0 Å². The number of carbonyl (C=O) groups is 7. The fraction of sp³-hybridized carbons (Fsp3) is 0.364. The Kier molecular flexibility index (Phi) is 12.0. The van der Waals surface area contributed by atoms with Gasteiger partial charge in [-0.1, -0.05) is 44.2 Å². The number of esters is 3. The quantitative estimate of drug-likeness (QED) is 0.273. The van der Waals surface area contributed by atoms with E-state index < -0.39 is 95.8 Å². The van der Waals surface area contributed by atoms with Crippen LogP contribution in [0.2, 0.25) is 0 Å². The largest absolute Gasteiger partial charge is 0.452 e. The van der Waals surface area contributed by atoms with Crippen molar-refractivity contribution in [2.24, 2.45) is 5.92 Å². The van der Waals surface area contributed by atoms with Gasteiger partial charge in [-0.2, -0.15) is 13.2 Å². The Labute approximate surface area is 278 Å². The lowest BCUT2D eigenvalue weighted by Gasteiger charge is -2.40. The van der Waals surface area contributed by atoms with E-state index in [2.05, 4.69) is 5.32 Å². The first-order valence-electron chi connectivity index (χ1n) is 14.8. The molecule has 3 amide bonds. The Morgan fingerprint density at radius 1 is 0.857 bits per heavy atom. The molecular weight excluding hydrogens is 655 g/mol. The van der Waals surface area contributed by atoms with E-state index in [0.29, 0.717) is 5.56 Å². The third kappa shape index (κ3) is 9.74. The average molecular weight is 690 g/mol. The van der Waals surface area contributed by atoms with Gasteiger partial charge >= 0.3 is 24.1 Å². The van der Waals surface area contributed by atoms with Gasteiger partial charge in [0.05, 0.1) is 5.70 Å². The van der Waals surface area contributed by atoms with E-state index in [1.54, 1.807) is 32.0 Å². The standard InChI is InChI=1S/C33H34F3N3O10/c1-17(2)29-32(46)39(16-28(44)37-24(31(45)33(34,35)36)12-22-10-8-7-9-11-22)25(15-38(29)18(3)40)23-13-26(47-19(4)41)30(49-21(6)43)27(14-23)48-20(5)42/h7-11,13-15,17,24,29H,12,16H2,1-6H3,(H,37,44)/t24-,29-/m0/s1. The second-order valence-electron chi connectivity index (χ2n) is 11.3. The molecule has 262 valence electrons. The molecule has 1 aliphatic rings. The molecule has 0 unspecified atom stereocenters. The highest BCUT2D eigenvalue weighted by Gasteiger charge is 2.45. The number of carbonyl (C=O) groups excluding carboxylic acids is 7. The first-order chi connectivity index (χ1) is 22.8. The summed E-state index contributed by atoms with van der Waals surface area (Å²) >= 11 is 0. The summed E-state index contributed by atoms with van der Waals surface area (Å²) < 4.78 is 56.2. The van der Waals surface area contributed by atoms with E-state index in [4.69, 9.17) is 14.2 Å². The van der Waals surface area contributed by atoms with Crippen molar-refractivity contribution in [1.29, 1.82) is 0 Å². The maximum absolute atomic E-state index is 14.0. The van der Waals surface area contributed by atoms with Crippen LogP contribution >= 0.6 is 0 Å². The second kappa shape index (κ2) is 15.6. The molecule has 0 aromatic heterocycles. The van der Waals surface area contributed by atoms with Crippen LogP contribution in [0.5, 0.6) is 17.2 Å². The molecule has 1 heterocycles. The number of Topliss-reactive ketones (excluding diaryl/α,β-unsaturated/α-hetero) is 1. The molecule has 0 saturated heterocycles. The van der Waals surface area contributed by atoms with Crippen LogP contribution in [0.3, 0.4) is 0 Å². The minimum Gasteiger partial charge on any atom is -0.423 e. The molecule has 3 rings (SSSR count). The van der Waals surface area contributed by atoms with Gasteiger partial charge in [0.25, 0.3) is 11.7 Å². The molecular formula is C33H34F3N3O10. The van der Waals surface area contributed by atoms with Crippen LogP contribution in [0.4, 0.5) is 13.2 Å². The number of ketones is 1. The first-order valence-corrected chi connectivity index (χ1v) is 14.8. The molecule has 1 N–H and O–H groups in total. The zero-order valence-electron chi connectivity index (χ0n) is 27.4. The van der Waals surface area contributed by atoms with Crippen LogP contribution < -0.4 is 19.5 Å². The molecule has 16 heteroatoms. The van der Waals surface area contributed by atoms with E-state index in [-0.39, 0.29) is 11.3 Å². The predicted octanol–water partition coefficient (Wildman–Crippen LogP) is 3.34. The van der Waals surface area contributed by atoms with E-state index >= 15 is 0 Å². The van der Waals surface area contributed by atoms with Gasteiger partial charge in [-0.05, 0) is 23.6 Å². The molecule has 0 spiro atoms. The van der Waals surface area contributed by atoms with Gasteiger partial charge in [0.2, 0.25) is 17.6 Å². The molecule has 0 saturated carbocycles. The molecule has 2 aromatic rings. The molecule has 0 aliphatic carbocycles. The highest BCUT2D eigenvalue weighted by molar-refractivity contribution is 6.01. The van der Waals surface area contributed by atoms with Gasteiger partial charge < -0.3 is 24.4 Å². The maximum Gasteiger partial charge on any atom is 0.452 e. The van der Waals surface area contributed by atoms with Gasteiger partial charge in [-0.3, -0.25) is 38.5 Å². The normalized spacial score (nSPS) is 15.3. The summed E-state index contributed by atoms with van der Waals surface area (Å²) in [5.74, 6) is -9.39. The number of halogens is 3. The number of ether oxygens (including phenoxy) is 3. The molecule has 2 atom stereocenters. The third-order valence-electron chi connectivity index (χ3n) is 6.95. The molecule has 0 radical (unpaired) electrons. The number of hydrogen-bond donors (Lipinski definition) is 1. The Hall–Kier alpha value is -5.54. The fourth-order valence-electron chi connectivity index (χ4n) is 5.04. The average Bonchev–Trinajstić information content (AvgIpc) is 2.97. The first kappa shape index (κ1) is 37.9. The summed E-state index contributed by atoms with van der Waals surface area (Å²) in [6.07, 6.45) is -4.61. The summed E-state index contributed by atoms with van der Waals surface area (Å²) in [5.41, 5.74) is -0.00345. The van der Waals surface area contributed by atoms with Crippen molar-refractivity contribution in [2.75, 3.05) is 6.54 Å². The molecule has 1 aliphatic heterocycles. The van der Waals surface area contributed by atoms with Crippen molar-refractivity contribution in [3.63, 3.8) is 0 Å². The van der Waals surface area contributed by atoms with Crippen molar-refractivity contribution in [3.8, 4) is 17.2 Å². The second-order valence-corrected chi connectivity index (χ2v) is 11.3. The summed E-state index contributed by atoms with van der Waals surface area (Å²) in [5, 5.41) is 2.09. The fourth-order valence-corrected chi connectivity index (χ4v) is 5.04. The van der Waals surface area contributed by atoms with Crippen LogP contribution in [0.1, 0.15) is 52.7 Å². The molecule has 49 heavy (non-hydrogen) atoms. The summed E-state index contributed by atoms with van der Waals surface area (Å²) in [6.45, 7) is 6.56. The third-order valence-corrected chi connectivity index (χ3v) is 6.95. The van der Waals surface area contributed by atoms with Gasteiger partial charge in [-0.15, -0.1) is 0 Å². The summed E-state index contributed by atoms with van der Waals surface area (Å²) in [7, 11) is 0. The van der Waals surface area contributed by atoms with Crippen molar-refractivity contribution < 1.29 is 60.9 Å². The van der Waals surface area contributed by atoms with Crippen molar-refractivity contribution in [2.45, 2.75) is 66.2 Å². The number of nitrogens with zero attached hydrogens (tertiary/aromatic N) is 2. The molecule has 0 bridgehead atoms. The number of amides is 3. The number of nitrogens with one attached hydrogen (secondary N) is 1. The lowest BCUT2D eigenvalue weighted by atomic mass is 9.96. The monoisotopic (exact) mass is 689 g/mol. The molecule has 13 nitrogen and oxygen atoms in total. The SMILES string of the molecule is CC(=O)Oc1cc(C2=CN(C(C)=O)[C@@H](C(C)C)C(=O)N2CC(=O)N[C@@H](Cc2ccccc2)C(=O)C(F)(F)F)cc(OC(C)=O)c1OC(C)=O. The molecule has 0 fully saturated rings. The number of alkyl halides is 3. The predicted molar refractivity (Wildman–Crippen MR) is 164 cm³/mol. The van der Waals surface area contributed by atoms with Crippen molar-refractivity contribution >= 4 is 47.1 Å². The molecule has 2 aromatic carbocycles. The smallest absolute Gasteiger partial charge is 0.423 e. The van der Waals surface area contributed by atoms with Gasteiger partial charge in [-0.25, -0.2) is 0 Å². The van der Waals surface area contributed by atoms with Crippen LogP contribution in [0.25, 0.3) is 5.70 Å². The minimum absolute atomic E-state index is 0.106. The topological polar surface area (TPSA) is 166 Å². The zero-order valence-corrected chi connectivity index (χ0v) is 27.4. The maximum atomic E-state index is 14.0. The van der Waals surface area contributed by atoms with Gasteiger partial charge in [0, 0.05) is 45.9 Å². The Balaban J connectivity index is 2.19. The van der Waals surface area contributed by atoms with E-state index in [9.17, 15) is 46.7 Å². The zero-order chi connectivity index (χ0) is 36.8. The number of rotatable bonds is 11. The van der Waals surface area contributed by atoms with Crippen LogP contribution in [0.15, 0.2) is 48.7 Å². The van der Waals surface area contributed by atoms with Crippen LogP contribution in [0, 0.1) is 5.92 Å². The van der Waals surface area contributed by atoms with E-state index in [0.717, 1.165) is 42.7 Å². The van der Waals surface area contributed by atoms with Crippen molar-refractivity contribution in [3.05, 3.63) is 59.8 Å². The highest BCUT2D eigenvalue weighted by atomic mass is 19.4. The Morgan fingerprint density at radius 2 is 1.39 bits per heavy atom. The Bertz CT molecular complexity index is 1650. The van der Waals surface area contributed by atoms with Crippen molar-refractivity contribution in [1.82, 2.24) is 15.1 Å². The number of hydrogen-bond acceptors (Lipinski definition) is 10. The highest BCUT2D eigenvalue weighted by Crippen LogP contribution is 2.43. The summed E-state index contributed by atoms with van der Waals surface area (Å²) in [4.78, 5) is 90.4. The van der Waals surface area contributed by atoms with E-state index in [1.165, 1.54) is 25.3 Å². The van der Waals surface area contributed by atoms with Gasteiger partial charge in [0.15, 0.2) is 11.5 Å². The van der Waals surface area contributed by atoms with Crippen LogP contribution in [-0.2, 0) is 40.0 Å². The summed E-state index contributed by atoms with van der Waals surface area (Å²) in [6, 6.07) is 6.65.